The zero-order chi connectivity index (χ0) is 89.2. The Bertz CT molecular complexity index is 4690. The molecular formula is C95H124Cl6N8O7Ru3S. The van der Waals surface area contributed by atoms with Crippen LogP contribution in [0.15, 0.2) is 138 Å². The molecule has 3 saturated heterocycles. The molecule has 25 heteroatoms. The van der Waals surface area contributed by atoms with Crippen LogP contribution < -0.4 is 29.4 Å². The van der Waals surface area contributed by atoms with Crippen LogP contribution in [0.5, 0.6) is 17.2 Å². The standard InChI is InChI=1S/3C21H27N2.C12H17NO3S.C10H11NO3.C10H12O.6ClH.3Ru/c3*1-14-9-16(3)20(17(4)10-14)22-7-8-23(13-22)21-18(5)11-15(2)12-19(21)6;1-9(2)16-12-7-6-11(8-10(12)3)17(14,15)13(4)5;1-7(2)14-10-5-4-9(11(12)13)6-8(10)3;1-8(2)11-10-7-5-4-6-9(10)3;;;;;;;;;/h3*9-13H,7-8H2,1-6H3;3,6-9H,1-2,4-5H3;3-7H,1-2H3;3-8H,1-2H3;6*1H;;;/q3*-1;;;;;;;;;;3*+2/p-3. The molecule has 0 atom stereocenters. The molecule has 0 aromatic heterocycles. The fraction of sp³-hybridized carbons (Fsp3) is 0.368. The average molecular weight is 2040 g/mol. The van der Waals surface area contributed by atoms with Gasteiger partial charge in [-0.2, -0.15) is 20.0 Å². The second-order valence-electron chi connectivity index (χ2n) is 32.1. The van der Waals surface area contributed by atoms with Crippen molar-refractivity contribution in [3.8, 4) is 17.2 Å². The zero-order valence-corrected chi connectivity index (χ0v) is 85.0. The predicted molar refractivity (Wildman–Crippen MR) is 509 cm³/mol. The number of aromatic hydroxyl groups is 3. The normalized spacial score (nSPS) is 13.5. The molecule has 3 N–H and O–H groups in total. The van der Waals surface area contributed by atoms with E-state index in [9.17, 15) is 18.5 Å². The van der Waals surface area contributed by atoms with Crippen LogP contribution in [0.2, 0.25) is 0 Å². The second-order valence-corrected chi connectivity index (χ2v) is 51.5. The van der Waals surface area contributed by atoms with Crippen molar-refractivity contribution in [1.29, 1.82) is 0 Å². The summed E-state index contributed by atoms with van der Waals surface area (Å²) >= 11 is -5.84. The number of sulfonamides is 1. The number of aliphatic hydroxyl groups is 3. The van der Waals surface area contributed by atoms with Gasteiger partial charge in [0.15, 0.2) is 0 Å². The number of halogens is 6. The van der Waals surface area contributed by atoms with Crippen molar-refractivity contribution < 1.29 is 68.1 Å². The molecule has 0 spiro atoms. The SMILES string of the molecule is CC(C)[OH+]c1ccc(S(=O)(=O)N(C)C)cc1[CH]=[Ru]([Cl])[Cl].CC(C)[OH+]c1ccc([N+](=O)[O-])cc1[CH]=[Ru]([Cl])[Cl].CC(C)[OH+]c1ccccc1[CH]=[Ru]([Cl])[Cl].Cc1cc(C)c(N2[CH-]N(c3c(C)cc(C)cc3C)CC2)c(C)c1.Cc1cc(C)c(N2[CH-]N(c3c(C)cc(C)cc3C)CC2)c(C)c1.Cc1cc(C)c(N2[CH-]N(c3c(C)cc(C)cc3C)CC2)c(C)c1. The van der Waals surface area contributed by atoms with Crippen molar-refractivity contribution in [2.75, 3.05) is 82.8 Å². The van der Waals surface area contributed by atoms with Crippen molar-refractivity contribution in [2.45, 2.75) is 189 Å². The summed E-state index contributed by atoms with van der Waals surface area (Å²) in [4.78, 5) is 24.9. The Morgan fingerprint density at radius 3 is 0.817 bits per heavy atom. The van der Waals surface area contributed by atoms with Gasteiger partial charge in [0.05, 0.1) is 0 Å². The van der Waals surface area contributed by atoms with E-state index >= 15 is 0 Å². The number of ether oxygens (including phenoxy) is 3. The Kier molecular flexibility index (Phi) is 38.7. The Balaban J connectivity index is 0.000000200. The maximum absolute atomic E-state index is 12.1. The molecule has 12 rings (SSSR count). The molecule has 0 bridgehead atoms. The average Bonchev–Trinajstić information content (AvgIpc) is 1.70. The maximum atomic E-state index is 12.1. The summed E-state index contributed by atoms with van der Waals surface area (Å²) in [6, 6.07) is 44.6. The van der Waals surface area contributed by atoms with Gasteiger partial charge in [0.25, 0.3) is 0 Å². The van der Waals surface area contributed by atoms with E-state index in [0.717, 1.165) is 50.6 Å². The van der Waals surface area contributed by atoms with E-state index in [1.165, 1.54) is 165 Å². The van der Waals surface area contributed by atoms with Crippen LogP contribution in [0.4, 0.5) is 39.8 Å². The summed E-state index contributed by atoms with van der Waals surface area (Å²) < 4.78 is 44.0. The third-order valence-corrected chi connectivity index (χ3v) is 27.1. The van der Waals surface area contributed by atoms with E-state index in [1.807, 2.05) is 70.4 Å². The number of hydrogen-bond acceptors (Lipinski definition) is 10. The minimum atomic E-state index is -3.48. The van der Waals surface area contributed by atoms with E-state index in [0.29, 0.717) is 22.6 Å². The first-order chi connectivity index (χ1) is 56.2. The van der Waals surface area contributed by atoms with Crippen LogP contribution in [0.1, 0.15) is 158 Å². The van der Waals surface area contributed by atoms with Crippen LogP contribution in [-0.2, 0) is 50.6 Å². The first kappa shape index (κ1) is 101. The van der Waals surface area contributed by atoms with Crippen molar-refractivity contribution in [2.24, 2.45) is 0 Å². The number of rotatable bonds is 18. The Hall–Kier alpha value is -6.29. The number of aryl methyl sites for hydroxylation is 18. The fourth-order valence-electron chi connectivity index (χ4n) is 16.0. The first-order valence-corrected chi connectivity index (χ1v) is 57.8. The summed E-state index contributed by atoms with van der Waals surface area (Å²) in [5, 5.41) is 10.7. The number of nitro benzene ring substituents is 1. The van der Waals surface area contributed by atoms with Crippen molar-refractivity contribution in [3.05, 3.63) is 280 Å². The summed E-state index contributed by atoms with van der Waals surface area (Å²) in [6.45, 7) is 64.6. The third-order valence-electron chi connectivity index (χ3n) is 19.8. The number of anilines is 6. The Labute approximate surface area is 756 Å². The Morgan fingerprint density at radius 1 is 0.358 bits per heavy atom. The molecule has 15 nitrogen and oxygen atoms in total. The molecule has 3 aliphatic heterocycles. The van der Waals surface area contributed by atoms with E-state index in [-0.39, 0.29) is 28.9 Å². The molecule has 3 fully saturated rings. The van der Waals surface area contributed by atoms with Crippen LogP contribution in [-0.4, -0.2) is 117 Å². The molecule has 0 saturated carbocycles. The summed E-state index contributed by atoms with van der Waals surface area (Å²) in [6.07, 6.45) is 0.496. The summed E-state index contributed by atoms with van der Waals surface area (Å²) in [5.41, 5.74) is 34.9. The third kappa shape index (κ3) is 28.9. The van der Waals surface area contributed by atoms with Gasteiger partial charge in [-0.25, -0.2) is 0 Å². The molecule has 9 aromatic rings. The number of para-hydroxylation sites is 1. The van der Waals surface area contributed by atoms with Gasteiger partial charge in [-0.3, -0.25) is 0 Å². The number of non-ortho nitro benzene ring substituents is 1. The molecule has 0 radical (unpaired) electrons. The van der Waals surface area contributed by atoms with Gasteiger partial charge in [0.1, 0.15) is 0 Å². The number of benzene rings is 9. The fourth-order valence-corrected chi connectivity index (χ4v) is 22.3. The molecule has 3 aliphatic rings. The number of hydrogen-bond donors (Lipinski definition) is 0. The van der Waals surface area contributed by atoms with E-state index < -0.39 is 55.5 Å². The van der Waals surface area contributed by atoms with Gasteiger partial charge >= 0.3 is 344 Å². The van der Waals surface area contributed by atoms with Crippen LogP contribution in [0.25, 0.3) is 0 Å². The van der Waals surface area contributed by atoms with Gasteiger partial charge < -0.3 is 29.4 Å². The number of nitro groups is 1. The van der Waals surface area contributed by atoms with Gasteiger partial charge in [-0.1, -0.05) is 106 Å². The van der Waals surface area contributed by atoms with Gasteiger partial charge in [0.2, 0.25) is 0 Å². The minimum Gasteiger partial charge on any atom is -0.502 e. The van der Waals surface area contributed by atoms with Crippen LogP contribution in [0.3, 0.4) is 0 Å². The number of nitrogens with zero attached hydrogens (tertiary/aromatic N) is 8. The summed E-state index contributed by atoms with van der Waals surface area (Å²) in [7, 11) is 34.6. The minimum absolute atomic E-state index is 0.0164. The molecule has 3 heterocycles. The van der Waals surface area contributed by atoms with Crippen LogP contribution >= 0.6 is 58.1 Å². The van der Waals surface area contributed by atoms with Crippen molar-refractivity contribution in [1.82, 2.24) is 4.31 Å². The molecule has 0 aliphatic carbocycles. The monoisotopic (exact) mass is 2040 g/mol. The van der Waals surface area contributed by atoms with Crippen molar-refractivity contribution >= 4 is 122 Å². The smallest absolute Gasteiger partial charge is 0.0146 e. The molecule has 9 aromatic carbocycles. The van der Waals surface area contributed by atoms with E-state index in [4.69, 9.17) is 58.1 Å². The maximum Gasteiger partial charge on any atom is 0.0146 e. The van der Waals surface area contributed by atoms with Gasteiger partial charge in [0, 0.05) is 73.4 Å². The Morgan fingerprint density at radius 2 is 0.583 bits per heavy atom. The van der Waals surface area contributed by atoms with E-state index in [1.54, 1.807) is 33.5 Å². The van der Waals surface area contributed by atoms with Crippen LogP contribution in [0, 0.1) is 155 Å². The molecule has 0 unspecified atom stereocenters. The van der Waals surface area contributed by atoms with Gasteiger partial charge in [-0.05, 0) is 191 Å². The molecule has 120 heavy (non-hydrogen) atoms. The topological polar surface area (TPSA) is 138 Å². The largest absolute Gasteiger partial charge is 0.502 e. The molecule has 658 valence electrons. The van der Waals surface area contributed by atoms with Gasteiger partial charge in [-0.15, -0.1) is 0 Å². The quantitative estimate of drug-likeness (QED) is 0.0268. The summed E-state index contributed by atoms with van der Waals surface area (Å²) in [5.74, 6) is 2.37. The molecular weight excluding hydrogens is 1910 g/mol. The zero-order valence-electron chi connectivity index (χ0n) is 74.4. The van der Waals surface area contributed by atoms with Crippen molar-refractivity contribution in [3.63, 3.8) is 0 Å². The first-order valence-electron chi connectivity index (χ1n) is 39.9. The second kappa shape index (κ2) is 46.1. The predicted octanol–water partition coefficient (Wildman–Crippen LogP) is 24.3. The van der Waals surface area contributed by atoms with E-state index in [2.05, 4.69) is 261 Å². The molecule has 0 amide bonds.